The van der Waals surface area contributed by atoms with Gasteiger partial charge in [-0.05, 0) is 76.3 Å². The first kappa shape index (κ1) is 31.8. The van der Waals surface area contributed by atoms with Gasteiger partial charge in [0.2, 0.25) is 0 Å². The van der Waals surface area contributed by atoms with Gasteiger partial charge in [-0.3, -0.25) is 14.9 Å². The van der Waals surface area contributed by atoms with E-state index in [0.29, 0.717) is 31.6 Å². The number of nitrogens with zero attached hydrogens (tertiary/aromatic N) is 3. The zero-order chi connectivity index (χ0) is 29.5. The summed E-state index contributed by atoms with van der Waals surface area (Å²) >= 11 is 1.50. The molecule has 0 aliphatic heterocycles. The van der Waals surface area contributed by atoms with Crippen molar-refractivity contribution in [2.24, 2.45) is 0 Å². The zero-order valence-corrected chi connectivity index (χ0v) is 24.9. The van der Waals surface area contributed by atoms with Gasteiger partial charge in [0.05, 0.1) is 9.82 Å². The molecule has 1 N–H and O–H groups in total. The van der Waals surface area contributed by atoms with Crippen LogP contribution in [0.4, 0.5) is 15.8 Å². The number of benzene rings is 2. The number of sulfonamides is 1. The molecule has 3 rings (SSSR count). The van der Waals surface area contributed by atoms with E-state index in [9.17, 15) is 27.7 Å². The Balaban J connectivity index is 1.86. The number of carbonyl (C=O) groups excluding carboxylic acids is 1. The predicted molar refractivity (Wildman–Crippen MR) is 154 cm³/mol. The first-order valence-electron chi connectivity index (χ1n) is 13.1. The Hall–Kier alpha value is -2.74. The second kappa shape index (κ2) is 13.7. The molecule has 2 aromatic carbocycles. The molecule has 1 saturated carbocycles. The third kappa shape index (κ3) is 7.93. The molecule has 0 bridgehead atoms. The van der Waals surface area contributed by atoms with Gasteiger partial charge in [-0.1, -0.05) is 19.3 Å². The molecule has 0 heterocycles. The first-order valence-corrected chi connectivity index (χ1v) is 15.5. The number of hydrogen-bond acceptors (Lipinski definition) is 9. The monoisotopic (exact) mass is 596 g/mol. The minimum atomic E-state index is -4.39. The van der Waals surface area contributed by atoms with Gasteiger partial charge in [0.25, 0.3) is 21.6 Å². The van der Waals surface area contributed by atoms with Crippen molar-refractivity contribution in [3.8, 4) is 0 Å². The van der Waals surface area contributed by atoms with E-state index >= 15 is 0 Å². The van der Waals surface area contributed by atoms with E-state index in [2.05, 4.69) is 4.72 Å². The van der Waals surface area contributed by atoms with Crippen molar-refractivity contribution in [3.63, 3.8) is 0 Å². The van der Waals surface area contributed by atoms with Crippen LogP contribution < -0.4 is 9.62 Å². The number of nitro benzene ring substituents is 1. The maximum Gasteiger partial charge on any atom is 0.293 e. The molecular formula is C27H37FN4O6S2. The van der Waals surface area contributed by atoms with Gasteiger partial charge < -0.3 is 14.5 Å². The van der Waals surface area contributed by atoms with E-state index in [1.54, 1.807) is 24.1 Å². The molecule has 0 aromatic heterocycles. The molecule has 1 atom stereocenters. The Morgan fingerprint density at radius 2 is 1.80 bits per heavy atom. The Bertz CT molecular complexity index is 1280. The number of halogens is 1. The Morgan fingerprint density at radius 3 is 2.38 bits per heavy atom. The number of rotatable bonds is 13. The summed E-state index contributed by atoms with van der Waals surface area (Å²) < 4.78 is 47.1. The number of ether oxygens (including phenoxy) is 1. The maximum absolute atomic E-state index is 13.3. The lowest BCUT2D eigenvalue weighted by molar-refractivity contribution is -0.384. The van der Waals surface area contributed by atoms with Gasteiger partial charge in [-0.2, -0.15) is 0 Å². The molecule has 220 valence electrons. The summed E-state index contributed by atoms with van der Waals surface area (Å²) in [7, 11) is 2.59. The second-order valence-corrected chi connectivity index (χ2v) is 13.0. The van der Waals surface area contributed by atoms with Crippen LogP contribution in [0.1, 0.15) is 38.5 Å². The van der Waals surface area contributed by atoms with Crippen LogP contribution in [0.25, 0.3) is 0 Å². The van der Waals surface area contributed by atoms with E-state index in [0.717, 1.165) is 30.2 Å². The average molecular weight is 597 g/mol. The maximum atomic E-state index is 13.3. The molecule has 0 unspecified atom stereocenters. The van der Waals surface area contributed by atoms with E-state index in [4.69, 9.17) is 4.74 Å². The molecule has 13 heteroatoms. The zero-order valence-electron chi connectivity index (χ0n) is 23.3. The van der Waals surface area contributed by atoms with Gasteiger partial charge in [0.15, 0.2) is 0 Å². The van der Waals surface area contributed by atoms with Gasteiger partial charge >= 0.3 is 0 Å². The molecule has 40 heavy (non-hydrogen) atoms. The predicted octanol–water partition coefficient (Wildman–Crippen LogP) is 4.44. The van der Waals surface area contributed by atoms with Crippen LogP contribution in [-0.4, -0.2) is 76.3 Å². The van der Waals surface area contributed by atoms with Gasteiger partial charge in [-0.25, -0.2) is 17.5 Å². The average Bonchev–Trinajstić information content (AvgIpc) is 2.93. The highest BCUT2D eigenvalue weighted by atomic mass is 32.2. The highest BCUT2D eigenvalue weighted by Crippen LogP contribution is 2.35. The summed E-state index contributed by atoms with van der Waals surface area (Å²) in [5.74, 6) is -0.536. The third-order valence-corrected chi connectivity index (χ3v) is 9.73. The van der Waals surface area contributed by atoms with Crippen LogP contribution >= 0.6 is 11.8 Å². The molecule has 1 fully saturated rings. The van der Waals surface area contributed by atoms with Crippen molar-refractivity contribution in [1.82, 2.24) is 9.62 Å². The number of nitro groups is 1. The molecule has 10 nitrogen and oxygen atoms in total. The van der Waals surface area contributed by atoms with E-state index in [1.807, 2.05) is 19.0 Å². The minimum absolute atomic E-state index is 0.161. The van der Waals surface area contributed by atoms with Gasteiger partial charge in [0.1, 0.15) is 17.1 Å². The Morgan fingerprint density at radius 1 is 1.15 bits per heavy atom. The summed E-state index contributed by atoms with van der Waals surface area (Å²) in [4.78, 5) is 28.7. The molecule has 0 radical (unpaired) electrons. The fourth-order valence-electron chi connectivity index (χ4n) is 4.75. The number of nitrogens with one attached hydrogen (secondary N) is 1. The second-order valence-electron chi connectivity index (χ2n) is 10.2. The van der Waals surface area contributed by atoms with Crippen LogP contribution in [0.15, 0.2) is 52.3 Å². The highest BCUT2D eigenvalue weighted by molar-refractivity contribution is 7.99. The van der Waals surface area contributed by atoms with Crippen LogP contribution in [0.3, 0.4) is 0 Å². The van der Waals surface area contributed by atoms with Crippen LogP contribution in [0, 0.1) is 15.9 Å². The Labute approximate surface area is 239 Å². The largest absolute Gasteiger partial charge is 0.368 e. The summed E-state index contributed by atoms with van der Waals surface area (Å²) in [5.41, 5.74) is -1.38. The molecule has 1 aliphatic carbocycles. The lowest BCUT2D eigenvalue weighted by Gasteiger charge is -2.34. The fourth-order valence-corrected chi connectivity index (χ4v) is 6.92. The van der Waals surface area contributed by atoms with Crippen molar-refractivity contribution in [3.05, 3.63) is 58.4 Å². The lowest BCUT2D eigenvalue weighted by Crippen LogP contribution is -2.51. The number of methoxy groups -OCH3 is 1. The number of hydrogen-bond donors (Lipinski definition) is 1. The van der Waals surface area contributed by atoms with Gasteiger partial charge in [0, 0.05) is 36.9 Å². The molecule has 0 saturated heterocycles. The number of thioether (sulfide) groups is 1. The normalized spacial score (nSPS) is 15.9. The smallest absolute Gasteiger partial charge is 0.293 e. The first-order chi connectivity index (χ1) is 18.9. The topological polar surface area (TPSA) is 122 Å². The quantitative estimate of drug-likeness (QED) is 0.203. The Kier molecular flexibility index (Phi) is 10.9. The van der Waals surface area contributed by atoms with E-state index < -0.39 is 32.1 Å². The minimum Gasteiger partial charge on any atom is -0.368 e. The molecule has 1 amide bonds. The highest BCUT2D eigenvalue weighted by Gasteiger charge is 2.42. The number of carbonyl (C=O) groups is 1. The molecule has 2 aromatic rings. The summed E-state index contributed by atoms with van der Waals surface area (Å²) in [6, 6.07) is 9.61. The van der Waals surface area contributed by atoms with Crippen molar-refractivity contribution < 1.29 is 27.3 Å². The molecule has 1 aliphatic rings. The van der Waals surface area contributed by atoms with Crippen molar-refractivity contribution in [2.75, 3.05) is 45.5 Å². The van der Waals surface area contributed by atoms with Crippen molar-refractivity contribution >= 4 is 39.1 Å². The summed E-state index contributed by atoms with van der Waals surface area (Å²) in [6.45, 7) is 0.715. The van der Waals surface area contributed by atoms with E-state index in [1.165, 1.54) is 43.1 Å². The number of amides is 1. The third-order valence-electron chi connectivity index (χ3n) is 7.24. The number of anilines is 1. The lowest BCUT2D eigenvalue weighted by atomic mass is 9.84. The van der Waals surface area contributed by atoms with Crippen LogP contribution in [0.5, 0.6) is 0 Å². The van der Waals surface area contributed by atoms with Gasteiger partial charge in [-0.15, -0.1) is 11.8 Å². The van der Waals surface area contributed by atoms with Crippen molar-refractivity contribution in [1.29, 1.82) is 0 Å². The van der Waals surface area contributed by atoms with Crippen molar-refractivity contribution in [2.45, 2.75) is 60.0 Å². The molecular weight excluding hydrogens is 559 g/mol. The molecule has 0 spiro atoms. The van der Waals surface area contributed by atoms with E-state index in [-0.39, 0.29) is 22.4 Å². The fraction of sp³-hybridized carbons (Fsp3) is 0.519. The van der Waals surface area contributed by atoms with Crippen LogP contribution in [-0.2, 0) is 19.6 Å². The SMILES string of the molecule is COC1(C(=O)NS(=O)(=O)c2ccc(N(C)[C@H](CCN(C)C)CSc3ccc(F)cc3)c([N+](=O)[O-])c2)CCCCC1. The summed E-state index contributed by atoms with van der Waals surface area (Å²) in [5, 5.41) is 12.1. The summed E-state index contributed by atoms with van der Waals surface area (Å²) in [6.07, 6.45) is 3.89. The van der Waals surface area contributed by atoms with Crippen LogP contribution in [0.2, 0.25) is 0 Å². The standard InChI is InChI=1S/C27H37FN4O6S2/c1-30(2)17-14-21(19-39-22-10-8-20(28)9-11-22)31(3)24-13-12-23(18-25(24)32(34)35)40(36,37)29-26(33)27(38-4)15-6-5-7-16-27/h8-13,18,21H,5-7,14-17,19H2,1-4H3,(H,29,33)/t21-/m1/s1.